The van der Waals surface area contributed by atoms with Crippen LogP contribution in [0.1, 0.15) is 25.7 Å². The zero-order valence-corrected chi connectivity index (χ0v) is 14.3. The molecule has 0 aromatic carbocycles. The van der Waals surface area contributed by atoms with Crippen LogP contribution in [0, 0.1) is 11.8 Å². The lowest BCUT2D eigenvalue weighted by Crippen LogP contribution is -2.34. The standard InChI is InChI=1S/C16H25N3O3S/c1-23(20,21)13-2-3-15(19-11-13)22-9-6-16(17)10-14(16)12-4-7-18-8-5-12/h2-3,11-12,14,18H,4-10,17H2,1H3/t14-,16+/m1/s1. The zero-order chi connectivity index (χ0) is 16.5. The van der Waals surface area contributed by atoms with Crippen LogP contribution in [0.15, 0.2) is 23.2 Å². The van der Waals surface area contributed by atoms with Gasteiger partial charge in [-0.2, -0.15) is 0 Å². The summed E-state index contributed by atoms with van der Waals surface area (Å²) in [5.74, 6) is 1.81. The van der Waals surface area contributed by atoms with Crippen molar-refractivity contribution in [2.45, 2.75) is 36.1 Å². The SMILES string of the molecule is CS(=O)(=O)c1ccc(OCC[C@]2(N)C[C@@H]2C2CCNCC2)nc1. The maximum Gasteiger partial charge on any atom is 0.213 e. The van der Waals surface area contributed by atoms with E-state index >= 15 is 0 Å². The van der Waals surface area contributed by atoms with Gasteiger partial charge in [0, 0.05) is 24.1 Å². The molecule has 0 unspecified atom stereocenters. The zero-order valence-electron chi connectivity index (χ0n) is 13.5. The van der Waals surface area contributed by atoms with E-state index in [2.05, 4.69) is 10.3 Å². The summed E-state index contributed by atoms with van der Waals surface area (Å²) < 4.78 is 28.4. The molecule has 23 heavy (non-hydrogen) atoms. The van der Waals surface area contributed by atoms with E-state index in [1.54, 1.807) is 6.07 Å². The number of aromatic nitrogens is 1. The van der Waals surface area contributed by atoms with Crippen LogP contribution in [0.4, 0.5) is 0 Å². The van der Waals surface area contributed by atoms with Gasteiger partial charge in [0.15, 0.2) is 9.84 Å². The Hall–Kier alpha value is -1.18. The maximum atomic E-state index is 11.4. The smallest absolute Gasteiger partial charge is 0.213 e. The van der Waals surface area contributed by atoms with Gasteiger partial charge in [0.1, 0.15) is 0 Å². The molecule has 0 radical (unpaired) electrons. The first-order valence-corrected chi connectivity index (χ1v) is 10.1. The molecule has 2 heterocycles. The fourth-order valence-corrected chi connectivity index (χ4v) is 4.10. The van der Waals surface area contributed by atoms with E-state index in [4.69, 9.17) is 10.5 Å². The summed E-state index contributed by atoms with van der Waals surface area (Å²) in [7, 11) is -3.22. The van der Waals surface area contributed by atoms with Crippen molar-refractivity contribution in [3.05, 3.63) is 18.3 Å². The van der Waals surface area contributed by atoms with E-state index < -0.39 is 9.84 Å². The summed E-state index contributed by atoms with van der Waals surface area (Å²) in [5, 5.41) is 3.39. The molecule has 3 rings (SSSR count). The maximum absolute atomic E-state index is 11.4. The fourth-order valence-electron chi connectivity index (χ4n) is 3.54. The largest absolute Gasteiger partial charge is 0.478 e. The molecular formula is C16H25N3O3S. The molecule has 1 aromatic heterocycles. The van der Waals surface area contributed by atoms with Gasteiger partial charge in [-0.15, -0.1) is 0 Å². The normalized spacial score (nSPS) is 28.5. The second kappa shape index (κ2) is 6.37. The highest BCUT2D eigenvalue weighted by Crippen LogP contribution is 2.51. The number of nitrogens with one attached hydrogen (secondary N) is 1. The number of rotatable bonds is 6. The lowest BCUT2D eigenvalue weighted by molar-refractivity contribution is 0.259. The third-order valence-electron chi connectivity index (χ3n) is 5.09. The van der Waals surface area contributed by atoms with Gasteiger partial charge < -0.3 is 15.8 Å². The number of sulfone groups is 1. The molecule has 1 saturated carbocycles. The molecular weight excluding hydrogens is 314 g/mol. The highest BCUT2D eigenvalue weighted by Gasteiger charge is 2.53. The number of hydrogen-bond donors (Lipinski definition) is 2. The van der Waals surface area contributed by atoms with Gasteiger partial charge in [-0.3, -0.25) is 0 Å². The molecule has 128 valence electrons. The number of hydrogen-bond acceptors (Lipinski definition) is 6. The lowest BCUT2D eigenvalue weighted by Gasteiger charge is -2.24. The molecule has 1 saturated heterocycles. The number of pyridine rings is 1. The predicted molar refractivity (Wildman–Crippen MR) is 88.1 cm³/mol. The monoisotopic (exact) mass is 339 g/mol. The predicted octanol–water partition coefficient (Wildman–Crippen LogP) is 0.971. The topological polar surface area (TPSA) is 94.3 Å². The van der Waals surface area contributed by atoms with Crippen molar-refractivity contribution in [1.29, 1.82) is 0 Å². The quantitative estimate of drug-likeness (QED) is 0.802. The number of nitrogens with two attached hydrogens (primary N) is 1. The Kier molecular flexibility index (Phi) is 4.62. The third kappa shape index (κ3) is 4.02. The first-order valence-electron chi connectivity index (χ1n) is 8.17. The van der Waals surface area contributed by atoms with Gasteiger partial charge in [0.2, 0.25) is 5.88 Å². The highest BCUT2D eigenvalue weighted by atomic mass is 32.2. The lowest BCUT2D eigenvalue weighted by atomic mass is 9.90. The Morgan fingerprint density at radius 3 is 2.74 bits per heavy atom. The van der Waals surface area contributed by atoms with Gasteiger partial charge in [-0.05, 0) is 56.7 Å². The Morgan fingerprint density at radius 2 is 2.13 bits per heavy atom. The van der Waals surface area contributed by atoms with Crippen LogP contribution in [0.3, 0.4) is 0 Å². The van der Waals surface area contributed by atoms with E-state index in [9.17, 15) is 8.42 Å². The average Bonchev–Trinajstić information content (AvgIpc) is 3.20. The number of piperidine rings is 1. The third-order valence-corrected chi connectivity index (χ3v) is 6.18. The van der Waals surface area contributed by atoms with Crippen LogP contribution in [0.5, 0.6) is 5.88 Å². The molecule has 1 aliphatic carbocycles. The van der Waals surface area contributed by atoms with Crippen LogP contribution < -0.4 is 15.8 Å². The Morgan fingerprint density at radius 1 is 1.39 bits per heavy atom. The first kappa shape index (κ1) is 16.7. The van der Waals surface area contributed by atoms with Crippen molar-refractivity contribution in [2.75, 3.05) is 26.0 Å². The molecule has 2 atom stereocenters. The van der Waals surface area contributed by atoms with Crippen molar-refractivity contribution in [3.8, 4) is 5.88 Å². The summed E-state index contributed by atoms with van der Waals surface area (Å²) in [6.45, 7) is 2.72. The van der Waals surface area contributed by atoms with Gasteiger partial charge in [0.25, 0.3) is 0 Å². The van der Waals surface area contributed by atoms with Crippen molar-refractivity contribution >= 4 is 9.84 Å². The minimum Gasteiger partial charge on any atom is -0.478 e. The van der Waals surface area contributed by atoms with Crippen LogP contribution in [0.25, 0.3) is 0 Å². The van der Waals surface area contributed by atoms with Crippen LogP contribution in [-0.2, 0) is 9.84 Å². The second-order valence-electron chi connectivity index (χ2n) is 6.83. The molecule has 3 N–H and O–H groups in total. The molecule has 7 heteroatoms. The molecule has 0 spiro atoms. The fraction of sp³-hybridized carbons (Fsp3) is 0.688. The molecule has 0 amide bonds. The van der Waals surface area contributed by atoms with Crippen molar-refractivity contribution < 1.29 is 13.2 Å². The van der Waals surface area contributed by atoms with Crippen molar-refractivity contribution in [2.24, 2.45) is 17.6 Å². The molecule has 2 aliphatic rings. The van der Waals surface area contributed by atoms with Gasteiger partial charge in [0.05, 0.1) is 11.5 Å². The average molecular weight is 339 g/mol. The van der Waals surface area contributed by atoms with Crippen LogP contribution >= 0.6 is 0 Å². The summed E-state index contributed by atoms with van der Waals surface area (Å²) in [6.07, 6.45) is 6.84. The minimum atomic E-state index is -3.22. The molecule has 1 aromatic rings. The summed E-state index contributed by atoms with van der Waals surface area (Å²) in [6, 6.07) is 3.11. The summed E-state index contributed by atoms with van der Waals surface area (Å²) >= 11 is 0. The van der Waals surface area contributed by atoms with Crippen molar-refractivity contribution in [3.63, 3.8) is 0 Å². The Balaban J connectivity index is 1.46. The minimum absolute atomic E-state index is 0.0886. The van der Waals surface area contributed by atoms with Crippen molar-refractivity contribution in [1.82, 2.24) is 10.3 Å². The van der Waals surface area contributed by atoms with E-state index in [1.165, 1.54) is 25.1 Å². The Labute approximate surface area is 137 Å². The van der Waals surface area contributed by atoms with E-state index in [0.29, 0.717) is 18.4 Å². The second-order valence-corrected chi connectivity index (χ2v) is 8.85. The number of nitrogens with zero attached hydrogens (tertiary/aromatic N) is 1. The van der Waals surface area contributed by atoms with E-state index in [1.807, 2.05) is 0 Å². The molecule has 6 nitrogen and oxygen atoms in total. The summed E-state index contributed by atoms with van der Waals surface area (Å²) in [5.41, 5.74) is 6.38. The Bertz CT molecular complexity index is 641. The first-order chi connectivity index (χ1) is 10.9. The van der Waals surface area contributed by atoms with Gasteiger partial charge in [-0.1, -0.05) is 0 Å². The number of ether oxygens (including phenoxy) is 1. The van der Waals surface area contributed by atoms with Crippen LogP contribution in [-0.4, -0.2) is 44.9 Å². The molecule has 1 aliphatic heterocycles. The van der Waals surface area contributed by atoms with Gasteiger partial charge >= 0.3 is 0 Å². The van der Waals surface area contributed by atoms with Crippen LogP contribution in [0.2, 0.25) is 0 Å². The molecule has 2 fully saturated rings. The molecule has 0 bridgehead atoms. The van der Waals surface area contributed by atoms with E-state index in [0.717, 1.165) is 38.1 Å². The highest BCUT2D eigenvalue weighted by molar-refractivity contribution is 7.90. The summed E-state index contributed by atoms with van der Waals surface area (Å²) in [4.78, 5) is 4.25. The van der Waals surface area contributed by atoms with E-state index in [-0.39, 0.29) is 10.4 Å². The van der Waals surface area contributed by atoms with Gasteiger partial charge in [-0.25, -0.2) is 13.4 Å².